The van der Waals surface area contributed by atoms with E-state index in [4.69, 9.17) is 0 Å². The van der Waals surface area contributed by atoms with E-state index >= 15 is 0 Å². The molecule has 0 aliphatic heterocycles. The van der Waals surface area contributed by atoms with Gasteiger partial charge in [-0.05, 0) is 36.4 Å². The van der Waals surface area contributed by atoms with E-state index in [1.165, 1.54) is 32.4 Å². The fourth-order valence-corrected chi connectivity index (χ4v) is 2.82. The first-order chi connectivity index (χ1) is 10.3. The average Bonchev–Trinajstić information content (AvgIpc) is 2.94. The van der Waals surface area contributed by atoms with Crippen molar-refractivity contribution in [2.24, 2.45) is 0 Å². The summed E-state index contributed by atoms with van der Waals surface area (Å²) >= 11 is 0. The molecule has 22 heavy (non-hydrogen) atoms. The van der Waals surface area contributed by atoms with Crippen molar-refractivity contribution in [2.75, 3.05) is 19.4 Å². The molecule has 2 rings (SSSR count). The van der Waals surface area contributed by atoms with E-state index in [2.05, 4.69) is 5.32 Å². The zero-order chi connectivity index (χ0) is 16.3. The fourth-order valence-electron chi connectivity index (χ4n) is 1.92. The van der Waals surface area contributed by atoms with Gasteiger partial charge in [-0.1, -0.05) is 0 Å². The Kier molecular flexibility index (Phi) is 4.82. The summed E-state index contributed by atoms with van der Waals surface area (Å²) < 4.78 is 51.3. The van der Waals surface area contributed by atoms with Gasteiger partial charge in [-0.25, -0.2) is 12.7 Å². The third-order valence-electron chi connectivity index (χ3n) is 3.18. The van der Waals surface area contributed by atoms with E-state index in [0.29, 0.717) is 11.4 Å². The number of hydrogen-bond donors (Lipinski definition) is 1. The summed E-state index contributed by atoms with van der Waals surface area (Å²) in [7, 11) is -0.551. The number of nitrogens with zero attached hydrogens (tertiary/aromatic N) is 2. The number of benzene rings is 1. The van der Waals surface area contributed by atoms with Gasteiger partial charge >= 0.3 is 6.55 Å². The molecule has 5 nitrogen and oxygen atoms in total. The lowest BCUT2D eigenvalue weighted by atomic mass is 10.3. The second-order valence-electron chi connectivity index (χ2n) is 4.85. The smallest absolute Gasteiger partial charge is 0.318 e. The predicted molar refractivity (Wildman–Crippen MR) is 80.3 cm³/mol. The van der Waals surface area contributed by atoms with Crippen LogP contribution < -0.4 is 5.32 Å². The molecule has 0 amide bonds. The molecule has 1 aromatic heterocycles. The summed E-state index contributed by atoms with van der Waals surface area (Å²) in [4.78, 5) is 0.180. The minimum atomic E-state index is -3.47. The monoisotopic (exact) mass is 329 g/mol. The molecule has 0 saturated carbocycles. The van der Waals surface area contributed by atoms with Crippen LogP contribution in [0.4, 0.5) is 14.5 Å². The minimum absolute atomic E-state index is 0.180. The molecule has 0 atom stereocenters. The first kappa shape index (κ1) is 16.4. The molecular formula is C14H17F2N3O2S. The normalized spacial score (nSPS) is 12.1. The number of anilines is 1. The van der Waals surface area contributed by atoms with Crippen LogP contribution >= 0.6 is 0 Å². The highest BCUT2D eigenvalue weighted by molar-refractivity contribution is 7.89. The Bertz CT molecular complexity index is 725. The molecular weight excluding hydrogens is 312 g/mol. The van der Waals surface area contributed by atoms with Gasteiger partial charge < -0.3 is 5.32 Å². The van der Waals surface area contributed by atoms with Gasteiger partial charge in [0.1, 0.15) is 0 Å². The Labute approximate surface area is 128 Å². The predicted octanol–water partition coefficient (Wildman–Crippen LogP) is 2.75. The maximum Gasteiger partial charge on any atom is 0.318 e. The summed E-state index contributed by atoms with van der Waals surface area (Å²) in [6, 6.07) is 9.31. The van der Waals surface area contributed by atoms with Crippen LogP contribution in [0.2, 0.25) is 0 Å². The molecule has 0 bridgehead atoms. The average molecular weight is 329 g/mol. The van der Waals surface area contributed by atoms with Crippen LogP contribution in [0.5, 0.6) is 0 Å². The molecule has 2 aromatic rings. The van der Waals surface area contributed by atoms with Crippen molar-refractivity contribution in [2.45, 2.75) is 18.0 Å². The maximum atomic E-state index is 12.7. The summed E-state index contributed by atoms with van der Waals surface area (Å²) in [6.07, 6.45) is 1.31. The van der Waals surface area contributed by atoms with Gasteiger partial charge in [-0.15, -0.1) is 0 Å². The Morgan fingerprint density at radius 2 is 1.82 bits per heavy atom. The van der Waals surface area contributed by atoms with Crippen LogP contribution in [0.15, 0.2) is 47.5 Å². The van der Waals surface area contributed by atoms with Gasteiger partial charge in [-0.2, -0.15) is 8.78 Å². The number of alkyl halides is 2. The van der Waals surface area contributed by atoms with E-state index < -0.39 is 16.6 Å². The molecule has 0 radical (unpaired) electrons. The van der Waals surface area contributed by atoms with Crippen LogP contribution in [0, 0.1) is 0 Å². The Morgan fingerprint density at radius 3 is 2.36 bits per heavy atom. The molecule has 0 aliphatic rings. The van der Waals surface area contributed by atoms with E-state index in [1.54, 1.807) is 24.3 Å². The Morgan fingerprint density at radius 1 is 1.18 bits per heavy atom. The molecule has 0 fully saturated rings. The molecule has 0 unspecified atom stereocenters. The topological polar surface area (TPSA) is 54.3 Å². The van der Waals surface area contributed by atoms with Crippen molar-refractivity contribution in [3.05, 3.63) is 48.3 Å². The second kappa shape index (κ2) is 6.45. The molecule has 1 heterocycles. The Hall–Kier alpha value is -1.93. The third-order valence-corrected chi connectivity index (χ3v) is 5.01. The lowest BCUT2D eigenvalue weighted by Gasteiger charge is -2.13. The van der Waals surface area contributed by atoms with Crippen molar-refractivity contribution >= 4 is 15.7 Å². The lowest BCUT2D eigenvalue weighted by Crippen LogP contribution is -2.22. The van der Waals surface area contributed by atoms with Gasteiger partial charge in [-0.3, -0.25) is 4.57 Å². The molecule has 1 N–H and O–H groups in total. The zero-order valence-corrected chi connectivity index (χ0v) is 13.0. The van der Waals surface area contributed by atoms with Crippen LogP contribution in [-0.4, -0.2) is 31.4 Å². The summed E-state index contributed by atoms with van der Waals surface area (Å²) in [5.74, 6) is 0. The highest BCUT2D eigenvalue weighted by Crippen LogP contribution is 2.19. The fraction of sp³-hybridized carbons (Fsp3) is 0.286. The number of aromatic nitrogens is 1. The van der Waals surface area contributed by atoms with Crippen LogP contribution in [0.1, 0.15) is 12.2 Å². The van der Waals surface area contributed by atoms with Crippen molar-refractivity contribution < 1.29 is 17.2 Å². The van der Waals surface area contributed by atoms with E-state index in [1.807, 2.05) is 0 Å². The molecule has 0 aliphatic carbocycles. The van der Waals surface area contributed by atoms with Crippen molar-refractivity contribution in [3.8, 4) is 0 Å². The highest BCUT2D eigenvalue weighted by atomic mass is 32.2. The second-order valence-corrected chi connectivity index (χ2v) is 7.00. The van der Waals surface area contributed by atoms with Crippen molar-refractivity contribution in [1.82, 2.24) is 8.87 Å². The molecule has 0 spiro atoms. The lowest BCUT2D eigenvalue weighted by molar-refractivity contribution is 0.0680. The zero-order valence-electron chi connectivity index (χ0n) is 12.2. The first-order valence-corrected chi connectivity index (χ1v) is 7.96. The number of hydrogen-bond acceptors (Lipinski definition) is 3. The summed E-state index contributed by atoms with van der Waals surface area (Å²) in [6.45, 7) is -2.36. The van der Waals surface area contributed by atoms with E-state index in [-0.39, 0.29) is 11.4 Å². The van der Waals surface area contributed by atoms with Crippen molar-refractivity contribution in [1.29, 1.82) is 0 Å². The van der Waals surface area contributed by atoms with Crippen LogP contribution in [0.3, 0.4) is 0 Å². The van der Waals surface area contributed by atoms with E-state index in [0.717, 1.165) is 8.87 Å². The largest absolute Gasteiger partial charge is 0.379 e. The van der Waals surface area contributed by atoms with Gasteiger partial charge in [0.05, 0.1) is 11.4 Å². The minimum Gasteiger partial charge on any atom is -0.379 e. The Balaban J connectivity index is 2.08. The van der Waals surface area contributed by atoms with Crippen molar-refractivity contribution in [3.63, 3.8) is 0 Å². The molecule has 120 valence electrons. The quantitative estimate of drug-likeness (QED) is 0.886. The SMILES string of the molecule is CN(C)S(=O)(=O)c1ccc(NCc2cccn2C(F)F)cc1. The standard InChI is InChI=1S/C14H17F2N3O2S/c1-18(2)22(20,21)13-7-5-11(6-8-13)17-10-12-4-3-9-19(12)14(15)16/h3-9,14,17H,10H2,1-2H3. The van der Waals surface area contributed by atoms with Gasteiger partial charge in [0.2, 0.25) is 10.0 Å². The first-order valence-electron chi connectivity index (χ1n) is 6.52. The third kappa shape index (κ3) is 3.45. The summed E-state index contributed by atoms with van der Waals surface area (Å²) in [5, 5.41) is 2.99. The maximum absolute atomic E-state index is 12.7. The molecule has 1 aromatic carbocycles. The number of rotatable bonds is 6. The van der Waals surface area contributed by atoms with Gasteiger partial charge in [0.25, 0.3) is 0 Å². The molecule has 8 heteroatoms. The molecule has 0 saturated heterocycles. The van der Waals surface area contributed by atoms with Gasteiger partial charge in [0.15, 0.2) is 0 Å². The number of nitrogens with one attached hydrogen (secondary N) is 1. The van der Waals surface area contributed by atoms with E-state index in [9.17, 15) is 17.2 Å². The summed E-state index contributed by atoms with van der Waals surface area (Å²) in [5.41, 5.74) is 1.10. The highest BCUT2D eigenvalue weighted by Gasteiger charge is 2.16. The van der Waals surface area contributed by atoms with Crippen LogP contribution in [0.25, 0.3) is 0 Å². The van der Waals surface area contributed by atoms with Crippen LogP contribution in [-0.2, 0) is 16.6 Å². The number of sulfonamides is 1. The van der Waals surface area contributed by atoms with Gasteiger partial charge in [0, 0.05) is 31.7 Å². The number of halogens is 2.